The lowest BCUT2D eigenvalue weighted by atomic mass is 10.0. The minimum Gasteiger partial charge on any atom is -0.481 e. The van der Waals surface area contributed by atoms with Gasteiger partial charge < -0.3 is 15.7 Å². The van der Waals surface area contributed by atoms with Crippen molar-refractivity contribution in [1.82, 2.24) is 10.6 Å². The second-order valence-corrected chi connectivity index (χ2v) is 6.12. The molecule has 0 aliphatic carbocycles. The summed E-state index contributed by atoms with van der Waals surface area (Å²) < 4.78 is 0. The standard InChI is InChI=1S/C15H30N2O3/c1-11(2)6-5-7-13(4)17-15(20)16-10-12(3)8-9-14(18)19/h11-13H,5-10H2,1-4H3,(H,18,19)(H2,16,17,20). The summed E-state index contributed by atoms with van der Waals surface area (Å²) in [4.78, 5) is 22.1. The second kappa shape index (κ2) is 10.5. The van der Waals surface area contributed by atoms with Crippen molar-refractivity contribution in [3.8, 4) is 0 Å². The number of hydrogen-bond donors (Lipinski definition) is 3. The number of carboxylic acid groups (broad SMARTS) is 1. The number of urea groups is 1. The molecule has 0 rings (SSSR count). The van der Waals surface area contributed by atoms with Crippen molar-refractivity contribution in [3.05, 3.63) is 0 Å². The number of rotatable bonds is 10. The van der Waals surface area contributed by atoms with E-state index >= 15 is 0 Å². The highest BCUT2D eigenvalue weighted by Crippen LogP contribution is 2.08. The van der Waals surface area contributed by atoms with E-state index in [2.05, 4.69) is 24.5 Å². The van der Waals surface area contributed by atoms with Gasteiger partial charge in [0.1, 0.15) is 0 Å². The number of amides is 2. The fourth-order valence-electron chi connectivity index (χ4n) is 1.92. The quantitative estimate of drug-likeness (QED) is 0.577. The van der Waals surface area contributed by atoms with Crippen LogP contribution in [0.15, 0.2) is 0 Å². The van der Waals surface area contributed by atoms with Gasteiger partial charge in [-0.3, -0.25) is 4.79 Å². The van der Waals surface area contributed by atoms with Crippen molar-refractivity contribution in [2.24, 2.45) is 11.8 Å². The Kier molecular flexibility index (Phi) is 9.86. The van der Waals surface area contributed by atoms with Crippen LogP contribution in [-0.2, 0) is 4.79 Å². The number of aliphatic carboxylic acids is 1. The van der Waals surface area contributed by atoms with Crippen molar-refractivity contribution >= 4 is 12.0 Å². The zero-order chi connectivity index (χ0) is 15.5. The lowest BCUT2D eigenvalue weighted by Gasteiger charge is -2.17. The first-order valence-corrected chi connectivity index (χ1v) is 7.57. The van der Waals surface area contributed by atoms with Gasteiger partial charge in [0.15, 0.2) is 0 Å². The van der Waals surface area contributed by atoms with E-state index < -0.39 is 5.97 Å². The molecule has 0 radical (unpaired) electrons. The van der Waals surface area contributed by atoms with E-state index in [1.807, 2.05) is 13.8 Å². The molecule has 5 nitrogen and oxygen atoms in total. The van der Waals surface area contributed by atoms with Gasteiger partial charge in [-0.2, -0.15) is 0 Å². The van der Waals surface area contributed by atoms with Crippen molar-refractivity contribution in [2.45, 2.75) is 65.8 Å². The Morgan fingerprint density at radius 3 is 2.25 bits per heavy atom. The van der Waals surface area contributed by atoms with Gasteiger partial charge in [0.2, 0.25) is 0 Å². The fourth-order valence-corrected chi connectivity index (χ4v) is 1.92. The summed E-state index contributed by atoms with van der Waals surface area (Å²) in [6.07, 6.45) is 4.02. The maximum absolute atomic E-state index is 11.7. The Morgan fingerprint density at radius 2 is 1.70 bits per heavy atom. The van der Waals surface area contributed by atoms with E-state index in [1.165, 1.54) is 6.42 Å². The number of carboxylic acids is 1. The summed E-state index contributed by atoms with van der Waals surface area (Å²) in [5, 5.41) is 14.3. The SMILES string of the molecule is CC(C)CCCC(C)NC(=O)NCC(C)CCC(=O)O. The topological polar surface area (TPSA) is 78.4 Å². The molecule has 0 aromatic heterocycles. The summed E-state index contributed by atoms with van der Waals surface area (Å²) in [6, 6.07) is 0.00676. The zero-order valence-electron chi connectivity index (χ0n) is 13.2. The Labute approximate surface area is 122 Å². The summed E-state index contributed by atoms with van der Waals surface area (Å²) in [5.74, 6) is 0.0827. The first kappa shape index (κ1) is 18.7. The van der Waals surface area contributed by atoms with Crippen molar-refractivity contribution in [3.63, 3.8) is 0 Å². The summed E-state index contributed by atoms with van der Waals surface area (Å²) in [5.41, 5.74) is 0. The van der Waals surface area contributed by atoms with Gasteiger partial charge in [0.05, 0.1) is 0 Å². The molecule has 0 aromatic rings. The molecule has 2 amide bonds. The van der Waals surface area contributed by atoms with Crippen molar-refractivity contribution in [2.75, 3.05) is 6.54 Å². The van der Waals surface area contributed by atoms with Crippen LogP contribution in [0.5, 0.6) is 0 Å². The molecule has 118 valence electrons. The summed E-state index contributed by atoms with van der Waals surface area (Å²) >= 11 is 0. The average Bonchev–Trinajstić information content (AvgIpc) is 2.33. The molecule has 2 atom stereocenters. The van der Waals surface area contributed by atoms with Crippen LogP contribution in [0, 0.1) is 11.8 Å². The molecule has 0 aliphatic rings. The van der Waals surface area contributed by atoms with Crippen molar-refractivity contribution in [1.29, 1.82) is 0 Å². The third-order valence-corrected chi connectivity index (χ3v) is 3.26. The van der Waals surface area contributed by atoms with Crippen molar-refractivity contribution < 1.29 is 14.7 Å². The maximum Gasteiger partial charge on any atom is 0.315 e. The predicted molar refractivity (Wildman–Crippen MR) is 80.7 cm³/mol. The molecule has 0 saturated carbocycles. The van der Waals surface area contributed by atoms with Crippen LogP contribution in [0.2, 0.25) is 0 Å². The summed E-state index contributed by atoms with van der Waals surface area (Å²) in [6.45, 7) is 8.85. The van der Waals surface area contributed by atoms with E-state index in [0.717, 1.165) is 12.8 Å². The molecule has 20 heavy (non-hydrogen) atoms. The first-order valence-electron chi connectivity index (χ1n) is 7.57. The van der Waals surface area contributed by atoms with E-state index in [-0.39, 0.29) is 24.4 Å². The second-order valence-electron chi connectivity index (χ2n) is 6.12. The van der Waals surface area contributed by atoms with Gasteiger partial charge in [-0.05, 0) is 31.6 Å². The normalized spacial score (nSPS) is 13.8. The molecule has 0 fully saturated rings. The minimum atomic E-state index is -0.792. The van der Waals surface area contributed by atoms with Gasteiger partial charge in [0, 0.05) is 19.0 Å². The number of carbonyl (C=O) groups is 2. The van der Waals surface area contributed by atoms with Gasteiger partial charge in [0.25, 0.3) is 0 Å². The number of nitrogens with one attached hydrogen (secondary N) is 2. The molecule has 3 N–H and O–H groups in total. The van der Waals surface area contributed by atoms with E-state index in [4.69, 9.17) is 5.11 Å². The van der Waals surface area contributed by atoms with Crippen LogP contribution < -0.4 is 10.6 Å². The predicted octanol–water partition coefficient (Wildman–Crippen LogP) is 3.00. The third-order valence-electron chi connectivity index (χ3n) is 3.26. The van der Waals surface area contributed by atoms with Crippen LogP contribution in [0.1, 0.15) is 59.8 Å². The Balaban J connectivity index is 3.68. The highest BCUT2D eigenvalue weighted by molar-refractivity contribution is 5.74. The van der Waals surface area contributed by atoms with Crippen LogP contribution in [0.25, 0.3) is 0 Å². The monoisotopic (exact) mass is 286 g/mol. The molecule has 0 bridgehead atoms. The number of carbonyl (C=O) groups excluding carboxylic acids is 1. The Hall–Kier alpha value is -1.26. The van der Waals surface area contributed by atoms with Gasteiger partial charge >= 0.3 is 12.0 Å². The molecule has 0 aromatic carbocycles. The largest absolute Gasteiger partial charge is 0.481 e. The Bertz CT molecular complexity index is 293. The maximum atomic E-state index is 11.7. The highest BCUT2D eigenvalue weighted by Gasteiger charge is 2.10. The van der Waals surface area contributed by atoms with E-state index in [0.29, 0.717) is 18.9 Å². The van der Waals surface area contributed by atoms with Gasteiger partial charge in [-0.1, -0.05) is 33.6 Å². The molecule has 0 heterocycles. The zero-order valence-corrected chi connectivity index (χ0v) is 13.2. The molecule has 0 saturated heterocycles. The average molecular weight is 286 g/mol. The van der Waals surface area contributed by atoms with Gasteiger partial charge in [-0.25, -0.2) is 4.79 Å². The lowest BCUT2D eigenvalue weighted by molar-refractivity contribution is -0.137. The lowest BCUT2D eigenvalue weighted by Crippen LogP contribution is -2.42. The van der Waals surface area contributed by atoms with Crippen LogP contribution in [0.4, 0.5) is 4.79 Å². The summed E-state index contributed by atoms with van der Waals surface area (Å²) in [7, 11) is 0. The highest BCUT2D eigenvalue weighted by atomic mass is 16.4. The molecular formula is C15H30N2O3. The number of hydrogen-bond acceptors (Lipinski definition) is 2. The smallest absolute Gasteiger partial charge is 0.315 e. The van der Waals surface area contributed by atoms with E-state index in [9.17, 15) is 9.59 Å². The first-order chi connectivity index (χ1) is 9.31. The van der Waals surface area contributed by atoms with Crippen LogP contribution in [-0.4, -0.2) is 29.7 Å². The minimum absolute atomic E-state index is 0.149. The Morgan fingerprint density at radius 1 is 1.05 bits per heavy atom. The molecule has 0 aliphatic heterocycles. The van der Waals surface area contributed by atoms with Gasteiger partial charge in [-0.15, -0.1) is 0 Å². The van der Waals surface area contributed by atoms with E-state index in [1.54, 1.807) is 0 Å². The third kappa shape index (κ3) is 11.8. The molecule has 2 unspecified atom stereocenters. The molecule has 5 heteroatoms. The fraction of sp³-hybridized carbons (Fsp3) is 0.867. The van der Waals surface area contributed by atoms with Crippen LogP contribution >= 0.6 is 0 Å². The van der Waals surface area contributed by atoms with Crippen LogP contribution in [0.3, 0.4) is 0 Å². The molecular weight excluding hydrogens is 256 g/mol. The molecule has 0 spiro atoms.